The van der Waals surface area contributed by atoms with Gasteiger partial charge >= 0.3 is 0 Å². The van der Waals surface area contributed by atoms with E-state index in [0.29, 0.717) is 0 Å². The van der Waals surface area contributed by atoms with Gasteiger partial charge in [-0.25, -0.2) is 0 Å². The van der Waals surface area contributed by atoms with Crippen molar-refractivity contribution in [3.63, 3.8) is 0 Å². The van der Waals surface area contributed by atoms with Crippen LogP contribution in [0.2, 0.25) is 0 Å². The monoisotopic (exact) mass is 407 g/mol. The van der Waals surface area contributed by atoms with Crippen LogP contribution in [-0.2, 0) is 15.1 Å². The van der Waals surface area contributed by atoms with E-state index in [1.54, 1.807) is 7.11 Å². The lowest BCUT2D eigenvalue weighted by Gasteiger charge is -2.31. The predicted molar refractivity (Wildman–Crippen MR) is 122 cm³/mol. The van der Waals surface area contributed by atoms with Gasteiger partial charge in [0.1, 0.15) is 0 Å². The van der Waals surface area contributed by atoms with E-state index in [4.69, 9.17) is 4.74 Å². The number of hydrogen-bond donors (Lipinski definition) is 2. The van der Waals surface area contributed by atoms with Crippen LogP contribution in [0.4, 0.5) is 0 Å². The quantitative estimate of drug-likeness (QED) is 0.790. The van der Waals surface area contributed by atoms with Gasteiger partial charge in [0.2, 0.25) is 5.91 Å². The molecule has 1 amide bonds. The van der Waals surface area contributed by atoms with Crippen molar-refractivity contribution >= 4 is 11.8 Å². The Morgan fingerprint density at radius 3 is 1.87 bits per heavy atom. The minimum atomic E-state index is 0.0303. The van der Waals surface area contributed by atoms with Crippen LogP contribution in [-0.4, -0.2) is 38.5 Å². The topological polar surface area (TPSA) is 62.7 Å². The molecule has 2 N–H and O–H groups in total. The number of methoxy groups -OCH3 is 1. The van der Waals surface area contributed by atoms with Crippen LogP contribution in [0.15, 0.2) is 65.7 Å². The molecule has 3 aliphatic heterocycles. The Kier molecular flexibility index (Phi) is 8.45. The number of nitrogens with one attached hydrogen (secondary N) is 2. The first-order valence-electron chi connectivity index (χ1n) is 10.9. The largest absolute Gasteiger partial charge is 0.484 e. The molecule has 2 saturated heterocycles. The summed E-state index contributed by atoms with van der Waals surface area (Å²) in [6.07, 6.45) is 6.39. The standard InChI is InChI=1S/C16H17N.C5H9NO.C4H7NO/c1-3-8-14(9-4-1)16(12-7-13-17-16)15-10-5-2-6-11-15;1-7-5-3-2-4-6-5;6-4-2-1-3-5-4/h1-6,8-11,17H,7,12-13H2;2-4H2,1H3;1-3H2,(H,5,6). The summed E-state index contributed by atoms with van der Waals surface area (Å²) >= 11 is 0. The summed E-state index contributed by atoms with van der Waals surface area (Å²) in [7, 11) is 1.67. The average Bonchev–Trinajstić information content (AvgIpc) is 3.59. The molecule has 2 aromatic carbocycles. The summed E-state index contributed by atoms with van der Waals surface area (Å²) in [6.45, 7) is 2.95. The normalized spacial score (nSPS) is 19.0. The summed E-state index contributed by atoms with van der Waals surface area (Å²) in [5.74, 6) is 1.12. The Labute approximate surface area is 179 Å². The fourth-order valence-electron chi connectivity index (χ4n) is 4.09. The molecule has 5 rings (SSSR count). The van der Waals surface area contributed by atoms with Crippen molar-refractivity contribution < 1.29 is 9.53 Å². The van der Waals surface area contributed by atoms with Gasteiger partial charge in [0, 0.05) is 25.9 Å². The number of rotatable bonds is 2. The molecule has 5 heteroatoms. The molecule has 0 aromatic heterocycles. The Morgan fingerprint density at radius 2 is 1.53 bits per heavy atom. The second-order valence-electron chi connectivity index (χ2n) is 7.70. The lowest BCUT2D eigenvalue weighted by Crippen LogP contribution is -2.37. The van der Waals surface area contributed by atoms with Gasteiger partial charge in [0.25, 0.3) is 0 Å². The summed E-state index contributed by atoms with van der Waals surface area (Å²) in [5.41, 5.74) is 2.79. The first-order valence-corrected chi connectivity index (χ1v) is 10.9. The van der Waals surface area contributed by atoms with Gasteiger partial charge in [-0.1, -0.05) is 60.7 Å². The second-order valence-corrected chi connectivity index (χ2v) is 7.70. The van der Waals surface area contributed by atoms with Crippen LogP contribution in [0.3, 0.4) is 0 Å². The molecule has 160 valence electrons. The van der Waals surface area contributed by atoms with E-state index in [1.807, 2.05) is 0 Å². The SMILES string of the molecule is COC1=NCCC1.O=C1CCCN1.c1ccc(C2(c3ccccc3)CCCN2)cc1. The Balaban J connectivity index is 0.000000161. The van der Waals surface area contributed by atoms with E-state index < -0.39 is 0 Å². The second kappa shape index (κ2) is 11.5. The van der Waals surface area contributed by atoms with Gasteiger partial charge in [-0.05, 0) is 43.4 Å². The van der Waals surface area contributed by atoms with Crippen LogP contribution in [0.25, 0.3) is 0 Å². The maximum Gasteiger partial charge on any atom is 0.220 e. The maximum absolute atomic E-state index is 10.1. The highest BCUT2D eigenvalue weighted by Gasteiger charge is 2.36. The van der Waals surface area contributed by atoms with Gasteiger partial charge in [-0.3, -0.25) is 9.79 Å². The molecule has 0 aliphatic carbocycles. The predicted octanol–water partition coefficient (Wildman–Crippen LogP) is 4.04. The first kappa shape index (κ1) is 22.0. The Hall–Kier alpha value is -2.66. The maximum atomic E-state index is 10.1. The van der Waals surface area contributed by atoms with Crippen molar-refractivity contribution in [1.29, 1.82) is 0 Å². The van der Waals surface area contributed by atoms with E-state index in [1.165, 1.54) is 30.4 Å². The van der Waals surface area contributed by atoms with Crippen LogP contribution in [0, 0.1) is 0 Å². The third kappa shape index (κ3) is 5.92. The highest BCUT2D eigenvalue weighted by atomic mass is 16.5. The van der Waals surface area contributed by atoms with Crippen molar-refractivity contribution in [1.82, 2.24) is 10.6 Å². The van der Waals surface area contributed by atoms with E-state index in [0.717, 1.165) is 44.8 Å². The third-order valence-electron chi connectivity index (χ3n) is 5.66. The fourth-order valence-corrected chi connectivity index (χ4v) is 4.09. The highest BCUT2D eigenvalue weighted by molar-refractivity contribution is 5.77. The number of ether oxygens (including phenoxy) is 1. The third-order valence-corrected chi connectivity index (χ3v) is 5.66. The highest BCUT2D eigenvalue weighted by Crippen LogP contribution is 2.37. The minimum absolute atomic E-state index is 0.0303. The number of hydrogen-bond acceptors (Lipinski definition) is 4. The fraction of sp³-hybridized carbons (Fsp3) is 0.440. The lowest BCUT2D eigenvalue weighted by molar-refractivity contribution is -0.119. The van der Waals surface area contributed by atoms with E-state index >= 15 is 0 Å². The van der Waals surface area contributed by atoms with Gasteiger partial charge in [-0.2, -0.15) is 0 Å². The van der Waals surface area contributed by atoms with Crippen LogP contribution in [0.1, 0.15) is 49.7 Å². The summed E-state index contributed by atoms with van der Waals surface area (Å²) in [5, 5.41) is 6.38. The van der Waals surface area contributed by atoms with Gasteiger partial charge < -0.3 is 15.4 Å². The zero-order valence-corrected chi connectivity index (χ0v) is 17.9. The number of carbonyl (C=O) groups is 1. The molecule has 2 aromatic rings. The minimum Gasteiger partial charge on any atom is -0.484 e. The molecule has 0 atom stereocenters. The lowest BCUT2D eigenvalue weighted by atomic mass is 9.82. The Morgan fingerprint density at radius 1 is 0.867 bits per heavy atom. The van der Waals surface area contributed by atoms with Crippen molar-refractivity contribution in [3.05, 3.63) is 71.8 Å². The number of aliphatic imine (C=N–C) groups is 1. The molecular weight excluding hydrogens is 374 g/mol. The smallest absolute Gasteiger partial charge is 0.220 e. The zero-order chi connectivity index (χ0) is 21.1. The first-order chi connectivity index (χ1) is 14.7. The molecule has 3 heterocycles. The molecule has 0 spiro atoms. The van der Waals surface area contributed by atoms with E-state index in [-0.39, 0.29) is 11.4 Å². The summed E-state index contributed by atoms with van der Waals surface area (Å²) < 4.78 is 4.86. The molecule has 0 radical (unpaired) electrons. The van der Waals surface area contributed by atoms with Gasteiger partial charge in [0.15, 0.2) is 5.90 Å². The van der Waals surface area contributed by atoms with Gasteiger partial charge in [0.05, 0.1) is 12.6 Å². The van der Waals surface area contributed by atoms with Crippen molar-refractivity contribution in [2.45, 2.75) is 44.1 Å². The molecule has 0 unspecified atom stereocenters. The number of benzene rings is 2. The molecule has 2 fully saturated rings. The van der Waals surface area contributed by atoms with Crippen LogP contribution >= 0.6 is 0 Å². The van der Waals surface area contributed by atoms with E-state index in [2.05, 4.69) is 76.3 Å². The van der Waals surface area contributed by atoms with Crippen molar-refractivity contribution in [3.8, 4) is 0 Å². The molecule has 0 saturated carbocycles. The average molecular weight is 408 g/mol. The Bertz CT molecular complexity index is 750. The zero-order valence-electron chi connectivity index (χ0n) is 17.9. The number of amides is 1. The van der Waals surface area contributed by atoms with Crippen molar-refractivity contribution in [2.24, 2.45) is 4.99 Å². The number of carbonyl (C=O) groups excluding carboxylic acids is 1. The molecule has 0 bridgehead atoms. The number of nitrogens with zero attached hydrogens (tertiary/aromatic N) is 1. The molecule has 5 nitrogen and oxygen atoms in total. The molecular formula is C25H33N3O2. The van der Waals surface area contributed by atoms with Crippen molar-refractivity contribution in [2.75, 3.05) is 26.7 Å². The molecule has 30 heavy (non-hydrogen) atoms. The van der Waals surface area contributed by atoms with Crippen LogP contribution in [0.5, 0.6) is 0 Å². The van der Waals surface area contributed by atoms with E-state index in [9.17, 15) is 4.79 Å². The van der Waals surface area contributed by atoms with Crippen LogP contribution < -0.4 is 10.6 Å². The summed E-state index contributed by atoms with van der Waals surface area (Å²) in [6, 6.07) is 21.6. The molecule has 3 aliphatic rings. The summed E-state index contributed by atoms with van der Waals surface area (Å²) in [4.78, 5) is 14.2. The van der Waals surface area contributed by atoms with Gasteiger partial charge in [-0.15, -0.1) is 0 Å².